The molecule has 3 amide bonds. The number of nitrogens with zero attached hydrogens (tertiary/aromatic N) is 1. The first-order chi connectivity index (χ1) is 17.5. The van der Waals surface area contributed by atoms with E-state index in [0.29, 0.717) is 17.8 Å². The van der Waals surface area contributed by atoms with Crippen LogP contribution in [0.3, 0.4) is 0 Å². The van der Waals surface area contributed by atoms with Gasteiger partial charge in [-0.05, 0) is 75.2 Å². The Kier molecular flexibility index (Phi) is 7.40. The predicted molar refractivity (Wildman–Crippen MR) is 143 cm³/mol. The van der Waals surface area contributed by atoms with Crippen LogP contribution in [0.15, 0.2) is 83.8 Å². The van der Waals surface area contributed by atoms with Gasteiger partial charge in [-0.1, -0.05) is 36.4 Å². The normalized spacial score (nSPS) is 15.1. The summed E-state index contributed by atoms with van der Waals surface area (Å²) in [6, 6.07) is 21.0. The lowest BCUT2D eigenvalue weighted by Gasteiger charge is -2.35. The molecule has 0 bridgehead atoms. The molecule has 3 N–H and O–H groups in total. The van der Waals surface area contributed by atoms with Crippen molar-refractivity contribution in [2.24, 2.45) is 0 Å². The summed E-state index contributed by atoms with van der Waals surface area (Å²) in [4.78, 5) is 25.4. The molecular formula is C27H30N4O5S. The van der Waals surface area contributed by atoms with E-state index in [9.17, 15) is 18.0 Å². The molecule has 4 rings (SSSR count). The Balaban J connectivity index is 1.56. The van der Waals surface area contributed by atoms with Crippen LogP contribution in [0.1, 0.15) is 26.3 Å². The fraction of sp³-hybridized carbons (Fsp3) is 0.259. The number of amides is 3. The van der Waals surface area contributed by atoms with Crippen molar-refractivity contribution in [3.63, 3.8) is 0 Å². The number of para-hydroxylation sites is 2. The molecule has 1 aliphatic rings. The Morgan fingerprint density at radius 2 is 1.49 bits per heavy atom. The first-order valence-corrected chi connectivity index (χ1v) is 13.3. The van der Waals surface area contributed by atoms with E-state index in [2.05, 4.69) is 16.0 Å². The van der Waals surface area contributed by atoms with E-state index in [1.54, 1.807) is 45.0 Å². The van der Waals surface area contributed by atoms with Crippen LogP contribution in [-0.4, -0.2) is 43.0 Å². The van der Waals surface area contributed by atoms with Gasteiger partial charge in [-0.15, -0.1) is 0 Å². The third-order valence-corrected chi connectivity index (χ3v) is 7.44. The van der Waals surface area contributed by atoms with Gasteiger partial charge in [-0.3, -0.25) is 0 Å². The Bertz CT molecular complexity index is 1370. The molecule has 0 spiro atoms. The van der Waals surface area contributed by atoms with Crippen LogP contribution in [0.2, 0.25) is 0 Å². The molecule has 1 heterocycles. The molecule has 1 unspecified atom stereocenters. The van der Waals surface area contributed by atoms with E-state index in [1.807, 2.05) is 30.3 Å². The van der Waals surface area contributed by atoms with Gasteiger partial charge in [0, 0.05) is 23.6 Å². The summed E-state index contributed by atoms with van der Waals surface area (Å²) >= 11 is 0. The number of nitrogens with one attached hydrogen (secondary N) is 3. The van der Waals surface area contributed by atoms with E-state index in [4.69, 9.17) is 4.74 Å². The summed E-state index contributed by atoms with van der Waals surface area (Å²) in [6.45, 7) is 5.30. The van der Waals surface area contributed by atoms with Gasteiger partial charge >= 0.3 is 12.1 Å². The maximum Gasteiger partial charge on any atom is 0.424 e. The minimum absolute atomic E-state index is 0.0914. The molecular weight excluding hydrogens is 492 g/mol. The SMILES string of the molecule is CC(C)(C)OC(=O)N(C1CNc2ccccc2C1)S(=O)(=O)c1ccc(NC(=O)Nc2ccccc2)cc1. The first kappa shape index (κ1) is 26.0. The zero-order chi connectivity index (χ0) is 26.6. The highest BCUT2D eigenvalue weighted by atomic mass is 32.2. The summed E-state index contributed by atoms with van der Waals surface area (Å²) in [6.07, 6.45) is -0.593. The molecule has 1 atom stereocenters. The zero-order valence-electron chi connectivity index (χ0n) is 20.9. The van der Waals surface area contributed by atoms with Crippen LogP contribution in [0.4, 0.5) is 26.7 Å². The van der Waals surface area contributed by atoms with Crippen LogP contribution in [0.5, 0.6) is 0 Å². The second-order valence-electron chi connectivity index (χ2n) is 9.65. The third-order valence-electron chi connectivity index (χ3n) is 5.61. The van der Waals surface area contributed by atoms with Crippen LogP contribution in [-0.2, 0) is 21.2 Å². The molecule has 3 aromatic carbocycles. The van der Waals surface area contributed by atoms with E-state index in [-0.39, 0.29) is 11.4 Å². The summed E-state index contributed by atoms with van der Waals surface area (Å²) in [7, 11) is -4.28. The zero-order valence-corrected chi connectivity index (χ0v) is 21.7. The average Bonchev–Trinajstić information content (AvgIpc) is 2.83. The van der Waals surface area contributed by atoms with Crippen LogP contribution in [0, 0.1) is 0 Å². The van der Waals surface area contributed by atoms with Gasteiger partial charge in [0.1, 0.15) is 5.60 Å². The summed E-state index contributed by atoms with van der Waals surface area (Å²) in [5, 5.41) is 8.58. The van der Waals surface area contributed by atoms with Crippen LogP contribution < -0.4 is 16.0 Å². The molecule has 0 saturated heterocycles. The van der Waals surface area contributed by atoms with Crippen molar-refractivity contribution >= 4 is 39.2 Å². The lowest BCUT2D eigenvalue weighted by atomic mass is 10.00. The number of anilines is 3. The first-order valence-electron chi connectivity index (χ1n) is 11.9. The van der Waals surface area contributed by atoms with Gasteiger partial charge in [0.25, 0.3) is 10.0 Å². The number of rotatable bonds is 5. The van der Waals surface area contributed by atoms with Crippen molar-refractivity contribution in [2.75, 3.05) is 22.5 Å². The molecule has 0 saturated carbocycles. The summed E-state index contributed by atoms with van der Waals surface area (Å²) < 4.78 is 33.8. The van der Waals surface area contributed by atoms with Crippen molar-refractivity contribution < 1.29 is 22.7 Å². The molecule has 0 aromatic heterocycles. The highest BCUT2D eigenvalue weighted by Gasteiger charge is 2.40. The van der Waals surface area contributed by atoms with Crippen LogP contribution in [0.25, 0.3) is 0 Å². The highest BCUT2D eigenvalue weighted by Crippen LogP contribution is 2.29. The number of hydrogen-bond donors (Lipinski definition) is 3. The maximum absolute atomic E-state index is 13.7. The van der Waals surface area contributed by atoms with Gasteiger partial charge in [0.15, 0.2) is 0 Å². The van der Waals surface area contributed by atoms with Gasteiger partial charge in [0.2, 0.25) is 0 Å². The number of sulfonamides is 1. The van der Waals surface area contributed by atoms with Crippen molar-refractivity contribution in [3.05, 3.63) is 84.4 Å². The fourth-order valence-corrected chi connectivity index (χ4v) is 5.46. The van der Waals surface area contributed by atoms with Crippen LogP contribution >= 0.6 is 0 Å². The van der Waals surface area contributed by atoms with Gasteiger partial charge < -0.3 is 20.7 Å². The van der Waals surface area contributed by atoms with Gasteiger partial charge in [-0.25, -0.2) is 18.0 Å². The van der Waals surface area contributed by atoms with Gasteiger partial charge in [-0.2, -0.15) is 4.31 Å². The van der Waals surface area contributed by atoms with E-state index >= 15 is 0 Å². The molecule has 10 heteroatoms. The largest absolute Gasteiger partial charge is 0.443 e. The minimum Gasteiger partial charge on any atom is -0.443 e. The molecule has 194 valence electrons. The monoisotopic (exact) mass is 522 g/mol. The van der Waals surface area contributed by atoms with Crippen molar-refractivity contribution in [3.8, 4) is 0 Å². The Morgan fingerprint density at radius 3 is 2.14 bits per heavy atom. The van der Waals surface area contributed by atoms with Gasteiger partial charge in [0.05, 0.1) is 10.9 Å². The lowest BCUT2D eigenvalue weighted by molar-refractivity contribution is 0.0343. The number of fused-ring (bicyclic) bond motifs is 1. The van der Waals surface area contributed by atoms with E-state index < -0.39 is 33.8 Å². The quantitative estimate of drug-likeness (QED) is 0.419. The molecule has 0 radical (unpaired) electrons. The summed E-state index contributed by atoms with van der Waals surface area (Å²) in [5.74, 6) is 0. The molecule has 0 aliphatic carbocycles. The number of carbonyl (C=O) groups excluding carboxylic acids is 2. The molecule has 9 nitrogen and oxygen atoms in total. The maximum atomic E-state index is 13.7. The molecule has 37 heavy (non-hydrogen) atoms. The molecule has 3 aromatic rings. The predicted octanol–water partition coefficient (Wildman–Crippen LogP) is 5.29. The Hall–Kier alpha value is -4.05. The average molecular weight is 523 g/mol. The highest BCUT2D eigenvalue weighted by molar-refractivity contribution is 7.89. The minimum atomic E-state index is -4.28. The third kappa shape index (κ3) is 6.39. The fourth-order valence-electron chi connectivity index (χ4n) is 3.98. The number of carbonyl (C=O) groups is 2. The van der Waals surface area contributed by atoms with E-state index in [1.165, 1.54) is 24.3 Å². The van der Waals surface area contributed by atoms with E-state index in [0.717, 1.165) is 15.6 Å². The number of hydrogen-bond acceptors (Lipinski definition) is 6. The lowest BCUT2D eigenvalue weighted by Crippen LogP contribution is -2.51. The van der Waals surface area contributed by atoms with Crippen molar-refractivity contribution in [1.29, 1.82) is 0 Å². The van der Waals surface area contributed by atoms with Crippen molar-refractivity contribution in [1.82, 2.24) is 4.31 Å². The number of ether oxygens (including phenoxy) is 1. The number of urea groups is 1. The summed E-state index contributed by atoms with van der Waals surface area (Å²) in [5.41, 5.74) is 1.94. The number of benzene rings is 3. The second kappa shape index (κ2) is 10.5. The Labute approximate surface area is 216 Å². The van der Waals surface area contributed by atoms with Crippen molar-refractivity contribution in [2.45, 2.75) is 43.7 Å². The second-order valence-corrected chi connectivity index (χ2v) is 11.5. The smallest absolute Gasteiger partial charge is 0.424 e. The standard InChI is InChI=1S/C27H30N4O5S/c1-27(2,3)36-26(33)31(22-17-19-9-7-8-12-24(19)28-18-22)37(34,35)23-15-13-21(14-16-23)30-25(32)29-20-10-5-4-6-11-20/h4-16,22,28H,17-18H2,1-3H3,(H2,29,30,32). The Morgan fingerprint density at radius 1 is 0.892 bits per heavy atom. The molecule has 0 fully saturated rings. The molecule has 1 aliphatic heterocycles. The topological polar surface area (TPSA) is 117 Å².